The number of aromatic nitrogens is 1. The van der Waals surface area contributed by atoms with Gasteiger partial charge in [-0.25, -0.2) is 8.42 Å². The third kappa shape index (κ3) is 3.17. The molecule has 2 aliphatic heterocycles. The average molecular weight is 410 g/mol. The Hall–Kier alpha value is -1.18. The van der Waals surface area contributed by atoms with Gasteiger partial charge in [-0.15, -0.1) is 0 Å². The summed E-state index contributed by atoms with van der Waals surface area (Å²) in [5, 5.41) is 1.16. The highest BCUT2D eigenvalue weighted by molar-refractivity contribution is 9.10. The lowest BCUT2D eigenvalue weighted by atomic mass is 10.1. The number of anilines is 1. The number of fused-ring (bicyclic) bond motifs is 1. The normalized spacial score (nSPS) is 24.5. The minimum absolute atomic E-state index is 0.209. The molecule has 0 radical (unpaired) electrons. The van der Waals surface area contributed by atoms with Crippen molar-refractivity contribution in [3.63, 3.8) is 0 Å². The highest BCUT2D eigenvalue weighted by Gasteiger charge is 2.33. The molecule has 1 atom stereocenters. The molecule has 0 N–H and O–H groups in total. The molecule has 1 aromatic heterocycles. The number of pyridine rings is 1. The van der Waals surface area contributed by atoms with Crippen molar-refractivity contribution in [1.29, 1.82) is 0 Å². The van der Waals surface area contributed by atoms with Gasteiger partial charge < -0.3 is 4.90 Å². The summed E-state index contributed by atoms with van der Waals surface area (Å²) in [4.78, 5) is 9.18. The maximum absolute atomic E-state index is 11.7. The Morgan fingerprint density at radius 3 is 2.62 bits per heavy atom. The summed E-state index contributed by atoms with van der Waals surface area (Å²) < 4.78 is 24.5. The van der Waals surface area contributed by atoms with Crippen LogP contribution in [-0.4, -0.2) is 62.0 Å². The maximum atomic E-state index is 11.7. The van der Waals surface area contributed by atoms with Gasteiger partial charge in [-0.05, 0) is 30.7 Å². The highest BCUT2D eigenvalue weighted by atomic mass is 79.9. The summed E-state index contributed by atoms with van der Waals surface area (Å²) in [5.74, 6) is 0.680. The number of nitrogens with zero attached hydrogens (tertiary/aromatic N) is 3. The first kappa shape index (κ1) is 16.3. The van der Waals surface area contributed by atoms with E-state index in [1.807, 2.05) is 18.3 Å². The van der Waals surface area contributed by atoms with Crippen molar-refractivity contribution in [2.24, 2.45) is 0 Å². The number of rotatable bonds is 2. The summed E-state index contributed by atoms with van der Waals surface area (Å²) in [5.41, 5.74) is 2.21. The zero-order chi connectivity index (χ0) is 16.7. The van der Waals surface area contributed by atoms with Crippen LogP contribution < -0.4 is 4.90 Å². The fraction of sp³-hybridized carbons (Fsp3) is 0.471. The molecule has 1 aromatic carbocycles. The molecular formula is C17H20BrN3O2S. The first-order valence-corrected chi connectivity index (χ1v) is 10.9. The second-order valence-corrected chi connectivity index (χ2v) is 9.72. The van der Waals surface area contributed by atoms with Crippen molar-refractivity contribution >= 4 is 42.4 Å². The molecule has 128 valence electrons. The number of sulfone groups is 1. The fourth-order valence-corrected chi connectivity index (χ4v) is 5.89. The van der Waals surface area contributed by atoms with Crippen molar-refractivity contribution in [2.45, 2.75) is 12.5 Å². The van der Waals surface area contributed by atoms with E-state index in [1.165, 1.54) is 5.69 Å². The third-order valence-corrected chi connectivity index (χ3v) is 7.30. The average Bonchev–Trinajstić information content (AvgIpc) is 2.94. The van der Waals surface area contributed by atoms with Gasteiger partial charge in [0.25, 0.3) is 0 Å². The minimum atomic E-state index is -2.81. The van der Waals surface area contributed by atoms with Gasteiger partial charge in [-0.3, -0.25) is 9.88 Å². The van der Waals surface area contributed by atoms with Crippen LogP contribution in [0.1, 0.15) is 6.42 Å². The standard InChI is InChI=1S/C17H20BrN3O2S/c18-13-1-2-16-15(11-13)17(3-5-19-16)21-8-6-20(7-9-21)14-4-10-24(22,23)12-14/h1-3,5,11,14H,4,6-10,12H2. The van der Waals surface area contributed by atoms with Crippen molar-refractivity contribution in [2.75, 3.05) is 42.6 Å². The van der Waals surface area contributed by atoms with Crippen LogP contribution in [0.25, 0.3) is 10.9 Å². The predicted octanol–water partition coefficient (Wildman–Crippen LogP) is 2.31. The van der Waals surface area contributed by atoms with Gasteiger partial charge in [0, 0.05) is 54.0 Å². The molecule has 2 aliphatic rings. The van der Waals surface area contributed by atoms with Crippen LogP contribution in [-0.2, 0) is 9.84 Å². The molecule has 4 rings (SSSR count). The number of benzene rings is 1. The lowest BCUT2D eigenvalue weighted by Crippen LogP contribution is -2.50. The quantitative estimate of drug-likeness (QED) is 0.761. The molecule has 2 saturated heterocycles. The Morgan fingerprint density at radius 1 is 1.12 bits per heavy atom. The predicted molar refractivity (Wildman–Crippen MR) is 100 cm³/mol. The lowest BCUT2D eigenvalue weighted by molar-refractivity contribution is 0.200. The van der Waals surface area contributed by atoms with Gasteiger partial charge in [0.05, 0.1) is 17.0 Å². The molecule has 2 fully saturated rings. The first-order chi connectivity index (χ1) is 11.5. The summed E-state index contributed by atoms with van der Waals surface area (Å²) in [6.45, 7) is 3.67. The molecule has 0 bridgehead atoms. The maximum Gasteiger partial charge on any atom is 0.151 e. The number of piperazine rings is 1. The smallest absolute Gasteiger partial charge is 0.151 e. The van der Waals surface area contributed by atoms with E-state index in [-0.39, 0.29) is 6.04 Å². The topological polar surface area (TPSA) is 53.5 Å². The van der Waals surface area contributed by atoms with Gasteiger partial charge in [0.15, 0.2) is 9.84 Å². The van der Waals surface area contributed by atoms with Crippen LogP contribution in [0.4, 0.5) is 5.69 Å². The zero-order valence-corrected chi connectivity index (χ0v) is 15.8. The molecule has 2 aromatic rings. The SMILES string of the molecule is O=S1(=O)CCC(N2CCN(c3ccnc4ccc(Br)cc34)CC2)C1. The van der Waals surface area contributed by atoms with E-state index >= 15 is 0 Å². The van der Waals surface area contributed by atoms with Crippen molar-refractivity contribution in [3.8, 4) is 0 Å². The molecule has 0 saturated carbocycles. The Labute approximate surface area is 150 Å². The zero-order valence-electron chi connectivity index (χ0n) is 13.4. The lowest BCUT2D eigenvalue weighted by Gasteiger charge is -2.39. The monoisotopic (exact) mass is 409 g/mol. The molecular weight excluding hydrogens is 390 g/mol. The molecule has 3 heterocycles. The van der Waals surface area contributed by atoms with E-state index in [0.717, 1.165) is 48.0 Å². The van der Waals surface area contributed by atoms with Crippen LogP contribution in [0.3, 0.4) is 0 Å². The Bertz CT molecular complexity index is 863. The summed E-state index contributed by atoms with van der Waals surface area (Å²) >= 11 is 3.54. The molecule has 24 heavy (non-hydrogen) atoms. The Balaban J connectivity index is 1.51. The van der Waals surface area contributed by atoms with Crippen LogP contribution in [0, 0.1) is 0 Å². The van der Waals surface area contributed by atoms with Crippen LogP contribution in [0.2, 0.25) is 0 Å². The van der Waals surface area contributed by atoms with E-state index in [9.17, 15) is 8.42 Å². The molecule has 7 heteroatoms. The van der Waals surface area contributed by atoms with Crippen LogP contribution in [0.5, 0.6) is 0 Å². The Kier molecular flexibility index (Phi) is 4.26. The Morgan fingerprint density at radius 2 is 1.92 bits per heavy atom. The molecule has 5 nitrogen and oxygen atoms in total. The first-order valence-electron chi connectivity index (χ1n) is 8.25. The van der Waals surface area contributed by atoms with Crippen LogP contribution in [0.15, 0.2) is 34.9 Å². The van der Waals surface area contributed by atoms with Gasteiger partial charge in [0.1, 0.15) is 0 Å². The highest BCUT2D eigenvalue weighted by Crippen LogP contribution is 2.29. The van der Waals surface area contributed by atoms with Crippen molar-refractivity contribution < 1.29 is 8.42 Å². The number of hydrogen-bond donors (Lipinski definition) is 0. The summed E-state index contributed by atoms with van der Waals surface area (Å²) in [6, 6.07) is 8.44. The van der Waals surface area contributed by atoms with E-state index in [1.54, 1.807) is 0 Å². The van der Waals surface area contributed by atoms with Gasteiger partial charge in [-0.2, -0.15) is 0 Å². The molecule has 1 unspecified atom stereocenters. The number of hydrogen-bond acceptors (Lipinski definition) is 5. The molecule has 0 spiro atoms. The minimum Gasteiger partial charge on any atom is -0.368 e. The van der Waals surface area contributed by atoms with E-state index in [4.69, 9.17) is 0 Å². The third-order valence-electron chi connectivity index (χ3n) is 5.06. The second-order valence-electron chi connectivity index (χ2n) is 6.57. The second kappa shape index (κ2) is 6.28. The van der Waals surface area contributed by atoms with E-state index in [0.29, 0.717) is 11.5 Å². The molecule has 0 aliphatic carbocycles. The van der Waals surface area contributed by atoms with Crippen molar-refractivity contribution in [1.82, 2.24) is 9.88 Å². The largest absolute Gasteiger partial charge is 0.368 e. The van der Waals surface area contributed by atoms with E-state index < -0.39 is 9.84 Å². The van der Waals surface area contributed by atoms with Gasteiger partial charge in [-0.1, -0.05) is 15.9 Å². The van der Waals surface area contributed by atoms with Crippen LogP contribution >= 0.6 is 15.9 Å². The summed E-state index contributed by atoms with van der Waals surface area (Å²) in [7, 11) is -2.81. The van der Waals surface area contributed by atoms with Gasteiger partial charge in [0.2, 0.25) is 0 Å². The van der Waals surface area contributed by atoms with Gasteiger partial charge >= 0.3 is 0 Å². The number of halogens is 1. The van der Waals surface area contributed by atoms with Crippen molar-refractivity contribution in [3.05, 3.63) is 34.9 Å². The summed E-state index contributed by atoms with van der Waals surface area (Å²) in [6.07, 6.45) is 2.65. The van der Waals surface area contributed by atoms with E-state index in [2.05, 4.69) is 42.8 Å². The molecule has 0 amide bonds. The fourth-order valence-electron chi connectivity index (χ4n) is 3.77.